The van der Waals surface area contributed by atoms with E-state index in [9.17, 15) is 13.2 Å². The fraction of sp³-hybridized carbons (Fsp3) is 0.0833. The van der Waals surface area contributed by atoms with Crippen LogP contribution < -0.4 is 4.72 Å². The maximum absolute atomic E-state index is 12.1. The van der Waals surface area contributed by atoms with Crippen LogP contribution in [0.2, 0.25) is 0 Å². The Morgan fingerprint density at radius 2 is 1.95 bits per heavy atom. The van der Waals surface area contributed by atoms with Crippen LogP contribution in [-0.2, 0) is 10.0 Å². The standard InChI is InChI=1S/C12H11NO4S3/c1-18-9-4-2-8(3-5-9)13-20(16,17)10-6-11(12(14)15)19-7-10/h2-7,13H,1H3,(H,14,15). The molecule has 0 saturated carbocycles. The third-order valence-electron chi connectivity index (χ3n) is 2.44. The van der Waals surface area contributed by atoms with E-state index in [0.717, 1.165) is 22.3 Å². The van der Waals surface area contributed by atoms with Crippen LogP contribution in [0.1, 0.15) is 9.67 Å². The highest BCUT2D eigenvalue weighted by atomic mass is 32.2. The number of nitrogens with one attached hydrogen (secondary N) is 1. The molecule has 0 aliphatic carbocycles. The molecule has 0 aliphatic rings. The molecule has 1 aromatic heterocycles. The van der Waals surface area contributed by atoms with E-state index in [0.29, 0.717) is 5.69 Å². The van der Waals surface area contributed by atoms with Gasteiger partial charge in [0.25, 0.3) is 10.0 Å². The van der Waals surface area contributed by atoms with Gasteiger partial charge in [0.1, 0.15) is 4.88 Å². The van der Waals surface area contributed by atoms with Crippen LogP contribution in [0, 0.1) is 0 Å². The first kappa shape index (κ1) is 14.9. The number of rotatable bonds is 5. The number of carboxylic acids is 1. The van der Waals surface area contributed by atoms with E-state index in [1.807, 2.05) is 6.26 Å². The third-order valence-corrected chi connectivity index (χ3v) is 5.61. The topological polar surface area (TPSA) is 83.5 Å². The number of benzene rings is 1. The van der Waals surface area contributed by atoms with Gasteiger partial charge < -0.3 is 5.11 Å². The van der Waals surface area contributed by atoms with Crippen molar-refractivity contribution in [1.29, 1.82) is 0 Å². The molecular formula is C12H11NO4S3. The summed E-state index contributed by atoms with van der Waals surface area (Å²) in [6.07, 6.45) is 1.93. The lowest BCUT2D eigenvalue weighted by Gasteiger charge is -2.06. The molecule has 0 aliphatic heterocycles. The Bertz CT molecular complexity index is 719. The van der Waals surface area contributed by atoms with Crippen LogP contribution in [0.3, 0.4) is 0 Å². The highest BCUT2D eigenvalue weighted by Gasteiger charge is 2.18. The second kappa shape index (κ2) is 5.86. The van der Waals surface area contributed by atoms with Crippen LogP contribution in [0.25, 0.3) is 0 Å². The number of thiophene rings is 1. The summed E-state index contributed by atoms with van der Waals surface area (Å²) in [4.78, 5) is 11.7. The first-order valence-electron chi connectivity index (χ1n) is 5.41. The van der Waals surface area contributed by atoms with Crippen LogP contribution >= 0.6 is 23.1 Å². The van der Waals surface area contributed by atoms with Gasteiger partial charge in [-0.05, 0) is 36.6 Å². The lowest BCUT2D eigenvalue weighted by Crippen LogP contribution is -2.12. The number of aromatic carboxylic acids is 1. The molecule has 0 spiro atoms. The van der Waals surface area contributed by atoms with Gasteiger partial charge in [-0.3, -0.25) is 4.72 Å². The summed E-state index contributed by atoms with van der Waals surface area (Å²) < 4.78 is 26.6. The summed E-state index contributed by atoms with van der Waals surface area (Å²) in [6, 6.07) is 8.07. The molecule has 0 saturated heterocycles. The highest BCUT2D eigenvalue weighted by Crippen LogP contribution is 2.23. The van der Waals surface area contributed by atoms with Crippen molar-refractivity contribution >= 4 is 44.8 Å². The van der Waals surface area contributed by atoms with Crippen LogP contribution in [-0.4, -0.2) is 25.7 Å². The molecule has 0 atom stereocenters. The van der Waals surface area contributed by atoms with Gasteiger partial charge in [0.15, 0.2) is 0 Å². The Morgan fingerprint density at radius 3 is 2.45 bits per heavy atom. The highest BCUT2D eigenvalue weighted by molar-refractivity contribution is 7.98. The summed E-state index contributed by atoms with van der Waals surface area (Å²) >= 11 is 2.44. The minimum Gasteiger partial charge on any atom is -0.477 e. The van der Waals surface area contributed by atoms with Crippen LogP contribution in [0.4, 0.5) is 5.69 Å². The summed E-state index contributed by atoms with van der Waals surface area (Å²) in [7, 11) is -3.76. The molecule has 1 aromatic carbocycles. The Kier molecular flexibility index (Phi) is 4.36. The lowest BCUT2D eigenvalue weighted by molar-refractivity contribution is 0.0702. The van der Waals surface area contributed by atoms with Gasteiger partial charge in [0, 0.05) is 16.0 Å². The average molecular weight is 329 g/mol. The van der Waals surface area contributed by atoms with E-state index in [1.165, 1.54) is 5.38 Å². The third kappa shape index (κ3) is 3.33. The van der Waals surface area contributed by atoms with E-state index in [4.69, 9.17) is 5.11 Å². The molecule has 0 radical (unpaired) electrons. The van der Waals surface area contributed by atoms with Gasteiger partial charge in [-0.25, -0.2) is 13.2 Å². The zero-order chi connectivity index (χ0) is 14.8. The van der Waals surface area contributed by atoms with Gasteiger partial charge >= 0.3 is 5.97 Å². The molecule has 2 aromatic rings. The Balaban J connectivity index is 2.23. The van der Waals surface area contributed by atoms with Gasteiger partial charge in [-0.2, -0.15) is 0 Å². The van der Waals surface area contributed by atoms with Crippen molar-refractivity contribution < 1.29 is 18.3 Å². The fourth-order valence-electron chi connectivity index (χ4n) is 1.45. The maximum Gasteiger partial charge on any atom is 0.345 e. The van der Waals surface area contributed by atoms with Gasteiger partial charge in [-0.1, -0.05) is 0 Å². The number of hydrogen-bond acceptors (Lipinski definition) is 5. The molecular weight excluding hydrogens is 318 g/mol. The molecule has 8 heteroatoms. The Hall–Kier alpha value is -1.51. The van der Waals surface area contributed by atoms with Crippen molar-refractivity contribution in [3.63, 3.8) is 0 Å². The van der Waals surface area contributed by atoms with Gasteiger partial charge in [-0.15, -0.1) is 23.1 Å². The average Bonchev–Trinajstić information content (AvgIpc) is 2.90. The van der Waals surface area contributed by atoms with Crippen molar-refractivity contribution in [3.8, 4) is 0 Å². The first-order chi connectivity index (χ1) is 9.42. The molecule has 0 unspecified atom stereocenters. The number of carbonyl (C=O) groups is 1. The van der Waals surface area contributed by atoms with Crippen molar-refractivity contribution in [2.24, 2.45) is 0 Å². The minimum absolute atomic E-state index is 0.0110. The summed E-state index contributed by atoms with van der Waals surface area (Å²) in [5, 5.41) is 10.1. The van der Waals surface area contributed by atoms with E-state index >= 15 is 0 Å². The lowest BCUT2D eigenvalue weighted by atomic mass is 10.3. The predicted octanol–water partition coefficient (Wildman–Crippen LogP) is 2.97. The van der Waals surface area contributed by atoms with E-state index in [2.05, 4.69) is 4.72 Å². The second-order valence-electron chi connectivity index (χ2n) is 3.79. The summed E-state index contributed by atoms with van der Waals surface area (Å²) in [5.41, 5.74) is 0.436. The molecule has 0 amide bonds. The molecule has 106 valence electrons. The Morgan fingerprint density at radius 1 is 1.30 bits per heavy atom. The van der Waals surface area contributed by atoms with Crippen molar-refractivity contribution in [3.05, 3.63) is 40.6 Å². The number of carboxylic acid groups (broad SMARTS) is 1. The molecule has 2 rings (SSSR count). The molecule has 2 N–H and O–H groups in total. The maximum atomic E-state index is 12.1. The largest absolute Gasteiger partial charge is 0.477 e. The SMILES string of the molecule is CSc1ccc(NS(=O)(=O)c2csc(C(=O)O)c2)cc1. The molecule has 0 fully saturated rings. The van der Waals surface area contributed by atoms with Crippen molar-refractivity contribution in [2.75, 3.05) is 11.0 Å². The molecule has 1 heterocycles. The Labute approximate surface area is 124 Å². The second-order valence-corrected chi connectivity index (χ2v) is 7.26. The zero-order valence-corrected chi connectivity index (χ0v) is 12.8. The monoisotopic (exact) mass is 329 g/mol. The fourth-order valence-corrected chi connectivity index (χ4v) is 4.02. The number of hydrogen-bond donors (Lipinski definition) is 2. The van der Waals surface area contributed by atoms with Gasteiger partial charge in [0.2, 0.25) is 0 Å². The number of anilines is 1. The molecule has 20 heavy (non-hydrogen) atoms. The van der Waals surface area contributed by atoms with Crippen LogP contribution in [0.5, 0.6) is 0 Å². The summed E-state index contributed by atoms with van der Waals surface area (Å²) in [6.45, 7) is 0. The van der Waals surface area contributed by atoms with Crippen molar-refractivity contribution in [2.45, 2.75) is 9.79 Å². The first-order valence-corrected chi connectivity index (χ1v) is 9.00. The molecule has 5 nitrogen and oxygen atoms in total. The molecule has 0 bridgehead atoms. The van der Waals surface area contributed by atoms with Crippen LogP contribution in [0.15, 0.2) is 45.5 Å². The van der Waals surface area contributed by atoms with Gasteiger partial charge in [0.05, 0.1) is 4.90 Å². The van der Waals surface area contributed by atoms with E-state index < -0.39 is 16.0 Å². The van der Waals surface area contributed by atoms with E-state index in [1.54, 1.807) is 36.0 Å². The normalized spacial score (nSPS) is 11.2. The smallest absolute Gasteiger partial charge is 0.345 e. The quantitative estimate of drug-likeness (QED) is 0.824. The predicted molar refractivity (Wildman–Crippen MR) is 80.3 cm³/mol. The summed E-state index contributed by atoms with van der Waals surface area (Å²) in [5.74, 6) is -1.14. The minimum atomic E-state index is -3.76. The van der Waals surface area contributed by atoms with E-state index in [-0.39, 0.29) is 9.77 Å². The van der Waals surface area contributed by atoms with Crippen molar-refractivity contribution in [1.82, 2.24) is 0 Å². The number of sulfonamides is 1. The zero-order valence-electron chi connectivity index (χ0n) is 10.4. The number of thioether (sulfide) groups is 1.